The van der Waals surface area contributed by atoms with Crippen molar-refractivity contribution in [2.45, 2.75) is 6.92 Å². The normalized spacial score (nSPS) is 10.2. The Balaban J connectivity index is 2.66. The molecule has 2 aromatic rings. The predicted molar refractivity (Wildman–Crippen MR) is 73.0 cm³/mol. The van der Waals surface area contributed by atoms with E-state index in [2.05, 4.69) is 0 Å². The topological polar surface area (TPSA) is 35.5 Å². The van der Waals surface area contributed by atoms with Crippen LogP contribution < -0.4 is 9.47 Å². The van der Waals surface area contributed by atoms with Crippen molar-refractivity contribution in [3.05, 3.63) is 34.0 Å². The summed E-state index contributed by atoms with van der Waals surface area (Å²) < 4.78 is 10.5. The first-order chi connectivity index (χ1) is 8.71. The highest BCUT2D eigenvalue weighted by molar-refractivity contribution is 7.10. The SMILES string of the molecule is COc1cc(C=O)c(-c2ccsc2C)cc1OC. The van der Waals surface area contributed by atoms with Crippen LogP contribution >= 0.6 is 11.3 Å². The first kappa shape index (κ1) is 12.6. The Hall–Kier alpha value is -1.81. The molecule has 0 aliphatic heterocycles. The van der Waals surface area contributed by atoms with Gasteiger partial charge in [0.25, 0.3) is 0 Å². The molecule has 2 rings (SSSR count). The van der Waals surface area contributed by atoms with Gasteiger partial charge in [0.05, 0.1) is 14.2 Å². The molecule has 0 saturated carbocycles. The number of aldehydes is 1. The molecule has 0 saturated heterocycles. The molecule has 0 unspecified atom stereocenters. The van der Waals surface area contributed by atoms with Crippen LogP contribution in [0, 0.1) is 6.92 Å². The van der Waals surface area contributed by atoms with Crippen molar-refractivity contribution in [2.75, 3.05) is 14.2 Å². The molecule has 0 amide bonds. The van der Waals surface area contributed by atoms with Crippen LogP contribution in [-0.4, -0.2) is 20.5 Å². The highest BCUT2D eigenvalue weighted by Crippen LogP contribution is 2.37. The van der Waals surface area contributed by atoms with Crippen molar-refractivity contribution in [1.82, 2.24) is 0 Å². The highest BCUT2D eigenvalue weighted by atomic mass is 32.1. The Bertz CT molecular complexity index is 572. The summed E-state index contributed by atoms with van der Waals surface area (Å²) in [5.74, 6) is 1.19. The zero-order chi connectivity index (χ0) is 13.1. The minimum Gasteiger partial charge on any atom is -0.493 e. The van der Waals surface area contributed by atoms with Gasteiger partial charge in [-0.15, -0.1) is 11.3 Å². The van der Waals surface area contributed by atoms with E-state index in [9.17, 15) is 4.79 Å². The summed E-state index contributed by atoms with van der Waals surface area (Å²) in [5.41, 5.74) is 2.54. The van der Waals surface area contributed by atoms with Crippen LogP contribution in [0.25, 0.3) is 11.1 Å². The Morgan fingerprint density at radius 2 is 1.78 bits per heavy atom. The molecule has 3 nitrogen and oxygen atoms in total. The van der Waals surface area contributed by atoms with Crippen LogP contribution in [0.15, 0.2) is 23.6 Å². The van der Waals surface area contributed by atoms with Gasteiger partial charge in [-0.05, 0) is 41.6 Å². The fourth-order valence-electron chi connectivity index (χ4n) is 1.89. The summed E-state index contributed by atoms with van der Waals surface area (Å²) in [6.07, 6.45) is 0.842. The smallest absolute Gasteiger partial charge is 0.161 e. The van der Waals surface area contributed by atoms with E-state index in [0.29, 0.717) is 17.1 Å². The quantitative estimate of drug-likeness (QED) is 0.790. The van der Waals surface area contributed by atoms with E-state index >= 15 is 0 Å². The van der Waals surface area contributed by atoms with Crippen LogP contribution in [0.1, 0.15) is 15.2 Å². The van der Waals surface area contributed by atoms with Crippen molar-refractivity contribution in [1.29, 1.82) is 0 Å². The summed E-state index contributed by atoms with van der Waals surface area (Å²) >= 11 is 1.65. The molecule has 1 aromatic heterocycles. The van der Waals surface area contributed by atoms with Gasteiger partial charge >= 0.3 is 0 Å². The number of ether oxygens (including phenoxy) is 2. The van der Waals surface area contributed by atoms with E-state index < -0.39 is 0 Å². The second-order valence-electron chi connectivity index (χ2n) is 3.80. The molecule has 0 aliphatic carbocycles. The lowest BCUT2D eigenvalue weighted by atomic mass is 10.0. The molecule has 0 aliphatic rings. The number of methoxy groups -OCH3 is 2. The lowest BCUT2D eigenvalue weighted by molar-refractivity contribution is 0.112. The minimum absolute atomic E-state index is 0.566. The van der Waals surface area contributed by atoms with Crippen LogP contribution in [0.3, 0.4) is 0 Å². The Morgan fingerprint density at radius 1 is 1.11 bits per heavy atom. The molecule has 1 aromatic carbocycles. The summed E-state index contributed by atoms with van der Waals surface area (Å²) in [4.78, 5) is 12.4. The molecule has 0 radical (unpaired) electrons. The number of hydrogen-bond donors (Lipinski definition) is 0. The number of rotatable bonds is 4. The van der Waals surface area contributed by atoms with Gasteiger partial charge < -0.3 is 9.47 Å². The van der Waals surface area contributed by atoms with Gasteiger partial charge in [-0.2, -0.15) is 0 Å². The third kappa shape index (κ3) is 2.11. The second kappa shape index (κ2) is 5.23. The number of aryl methyl sites for hydroxylation is 1. The average Bonchev–Trinajstić information content (AvgIpc) is 2.83. The number of thiophene rings is 1. The van der Waals surface area contributed by atoms with Gasteiger partial charge in [0.2, 0.25) is 0 Å². The lowest BCUT2D eigenvalue weighted by Gasteiger charge is -2.12. The molecule has 4 heteroatoms. The Labute approximate surface area is 110 Å². The minimum atomic E-state index is 0.566. The van der Waals surface area contributed by atoms with Gasteiger partial charge in [0.15, 0.2) is 17.8 Å². The maximum absolute atomic E-state index is 11.2. The zero-order valence-corrected chi connectivity index (χ0v) is 11.3. The number of benzene rings is 1. The van der Waals surface area contributed by atoms with Crippen LogP contribution in [0.2, 0.25) is 0 Å². The monoisotopic (exact) mass is 262 g/mol. The van der Waals surface area contributed by atoms with Gasteiger partial charge in [0.1, 0.15) is 0 Å². The summed E-state index contributed by atoms with van der Waals surface area (Å²) in [6, 6.07) is 5.56. The molecule has 0 atom stereocenters. The first-order valence-corrected chi connectivity index (χ1v) is 6.35. The van der Waals surface area contributed by atoms with E-state index in [1.807, 2.05) is 24.4 Å². The number of carbonyl (C=O) groups excluding carboxylic acids is 1. The molecule has 0 N–H and O–H groups in total. The molecular formula is C14H14O3S. The molecule has 0 fully saturated rings. The maximum Gasteiger partial charge on any atom is 0.161 e. The van der Waals surface area contributed by atoms with Crippen LogP contribution in [-0.2, 0) is 0 Å². The number of hydrogen-bond acceptors (Lipinski definition) is 4. The van der Waals surface area contributed by atoms with E-state index in [1.165, 1.54) is 4.88 Å². The third-order valence-corrected chi connectivity index (χ3v) is 3.68. The van der Waals surface area contributed by atoms with Crippen molar-refractivity contribution in [3.8, 4) is 22.6 Å². The maximum atomic E-state index is 11.2. The first-order valence-electron chi connectivity index (χ1n) is 5.47. The average molecular weight is 262 g/mol. The fourth-order valence-corrected chi connectivity index (χ4v) is 2.60. The third-order valence-electron chi connectivity index (χ3n) is 2.83. The summed E-state index contributed by atoms with van der Waals surface area (Å²) in [6.45, 7) is 2.03. The molecule has 18 heavy (non-hydrogen) atoms. The molecule has 0 bridgehead atoms. The lowest BCUT2D eigenvalue weighted by Crippen LogP contribution is -1.95. The molecular weight excluding hydrogens is 248 g/mol. The van der Waals surface area contributed by atoms with E-state index in [4.69, 9.17) is 9.47 Å². The Kier molecular flexibility index (Phi) is 3.67. The van der Waals surface area contributed by atoms with Crippen molar-refractivity contribution < 1.29 is 14.3 Å². The van der Waals surface area contributed by atoms with E-state index in [1.54, 1.807) is 31.6 Å². The van der Waals surface area contributed by atoms with Crippen LogP contribution in [0.5, 0.6) is 11.5 Å². The van der Waals surface area contributed by atoms with E-state index in [0.717, 1.165) is 17.4 Å². The largest absolute Gasteiger partial charge is 0.493 e. The molecule has 94 valence electrons. The van der Waals surface area contributed by atoms with Crippen molar-refractivity contribution >= 4 is 17.6 Å². The predicted octanol–water partition coefficient (Wildman–Crippen LogP) is 3.55. The standard InChI is InChI=1S/C14H14O3S/c1-9-11(4-5-18-9)12-7-14(17-3)13(16-2)6-10(12)8-15/h4-8H,1-3H3. The fraction of sp³-hybridized carbons (Fsp3) is 0.214. The summed E-state index contributed by atoms with van der Waals surface area (Å²) in [5, 5.41) is 2.01. The van der Waals surface area contributed by atoms with Crippen molar-refractivity contribution in [3.63, 3.8) is 0 Å². The van der Waals surface area contributed by atoms with Gasteiger partial charge in [0, 0.05) is 10.4 Å². The van der Waals surface area contributed by atoms with Gasteiger partial charge in [-0.25, -0.2) is 0 Å². The molecule has 0 spiro atoms. The summed E-state index contributed by atoms with van der Waals surface area (Å²) in [7, 11) is 3.14. The van der Waals surface area contributed by atoms with E-state index in [-0.39, 0.29) is 0 Å². The van der Waals surface area contributed by atoms with Crippen LogP contribution in [0.4, 0.5) is 0 Å². The zero-order valence-electron chi connectivity index (χ0n) is 10.5. The van der Waals surface area contributed by atoms with Gasteiger partial charge in [-0.1, -0.05) is 0 Å². The molecule has 1 heterocycles. The second-order valence-corrected chi connectivity index (χ2v) is 4.92. The number of carbonyl (C=O) groups is 1. The van der Waals surface area contributed by atoms with Gasteiger partial charge in [-0.3, -0.25) is 4.79 Å². The Morgan fingerprint density at radius 3 is 2.28 bits per heavy atom. The van der Waals surface area contributed by atoms with Crippen molar-refractivity contribution in [2.24, 2.45) is 0 Å². The highest BCUT2D eigenvalue weighted by Gasteiger charge is 2.14.